The summed E-state index contributed by atoms with van der Waals surface area (Å²) >= 11 is 1.62. The van der Waals surface area contributed by atoms with Crippen molar-refractivity contribution in [2.45, 2.75) is 63.0 Å². The van der Waals surface area contributed by atoms with Crippen LogP contribution in [0.3, 0.4) is 0 Å². The van der Waals surface area contributed by atoms with Crippen LogP contribution in [-0.4, -0.2) is 23.9 Å². The van der Waals surface area contributed by atoms with E-state index in [1.807, 2.05) is 13.0 Å². The van der Waals surface area contributed by atoms with Crippen molar-refractivity contribution in [3.63, 3.8) is 0 Å². The maximum absolute atomic E-state index is 13.1. The van der Waals surface area contributed by atoms with Crippen LogP contribution in [0.25, 0.3) is 0 Å². The van der Waals surface area contributed by atoms with E-state index < -0.39 is 5.92 Å². The maximum Gasteiger partial charge on any atom is 0.252 e. The fourth-order valence-electron chi connectivity index (χ4n) is 2.90. The van der Waals surface area contributed by atoms with E-state index in [1.165, 1.54) is 4.88 Å². The second-order valence-corrected chi connectivity index (χ2v) is 7.52. The fraction of sp³-hybridized carbons (Fsp3) is 0.667. The molecule has 1 heterocycles. The molecule has 2 saturated carbocycles. The van der Waals surface area contributed by atoms with Crippen molar-refractivity contribution in [1.29, 1.82) is 0 Å². The first-order valence-electron chi connectivity index (χ1n) is 7.40. The molecule has 7 heteroatoms. The minimum atomic E-state index is -2.56. The van der Waals surface area contributed by atoms with Crippen molar-refractivity contribution < 1.29 is 13.6 Å². The number of rotatable bonds is 3. The van der Waals surface area contributed by atoms with Gasteiger partial charge in [-0.15, -0.1) is 23.7 Å². The molecule has 0 saturated heterocycles. The van der Waals surface area contributed by atoms with Crippen LogP contribution < -0.4 is 11.1 Å². The molecule has 1 aromatic rings. The van der Waals surface area contributed by atoms with Gasteiger partial charge in [-0.3, -0.25) is 4.79 Å². The van der Waals surface area contributed by atoms with E-state index in [9.17, 15) is 13.6 Å². The minimum Gasteiger partial charge on any atom is -0.349 e. The largest absolute Gasteiger partial charge is 0.349 e. The van der Waals surface area contributed by atoms with Gasteiger partial charge in [-0.25, -0.2) is 8.78 Å². The highest BCUT2D eigenvalue weighted by atomic mass is 35.5. The summed E-state index contributed by atoms with van der Waals surface area (Å²) in [4.78, 5) is 14.5. The Morgan fingerprint density at radius 3 is 2.55 bits per heavy atom. The van der Waals surface area contributed by atoms with Gasteiger partial charge in [0.2, 0.25) is 5.92 Å². The van der Waals surface area contributed by atoms with Crippen LogP contribution in [-0.2, 0) is 0 Å². The summed E-state index contributed by atoms with van der Waals surface area (Å²) in [5, 5.41) is 2.90. The predicted octanol–water partition coefficient (Wildman–Crippen LogP) is 3.60. The number of nitrogens with two attached hydrogens (primary N) is 1. The van der Waals surface area contributed by atoms with Crippen LogP contribution >= 0.6 is 23.7 Å². The molecule has 3 N–H and O–H groups in total. The maximum atomic E-state index is 13.1. The average Bonchev–Trinajstić information content (AvgIpc) is 3.00. The zero-order chi connectivity index (χ0) is 15.2. The summed E-state index contributed by atoms with van der Waals surface area (Å²) in [5.74, 6) is -2.31. The monoisotopic (exact) mass is 350 g/mol. The van der Waals surface area contributed by atoms with Crippen LogP contribution in [0.5, 0.6) is 0 Å². The molecule has 1 aromatic heterocycles. The van der Waals surface area contributed by atoms with E-state index in [0.717, 1.165) is 11.3 Å². The molecule has 2 fully saturated rings. The van der Waals surface area contributed by atoms with Crippen molar-refractivity contribution in [2.24, 2.45) is 5.73 Å². The van der Waals surface area contributed by atoms with Crippen molar-refractivity contribution in [1.82, 2.24) is 5.32 Å². The normalized spacial score (nSPS) is 27.1. The summed E-state index contributed by atoms with van der Waals surface area (Å²) in [6.45, 7) is 1.92. The first-order valence-corrected chi connectivity index (χ1v) is 8.22. The lowest BCUT2D eigenvalue weighted by atomic mass is 9.92. The Labute approximate surface area is 139 Å². The Hall–Kier alpha value is -0.720. The Balaban J connectivity index is 0.00000176. The molecule has 1 amide bonds. The summed E-state index contributed by atoms with van der Waals surface area (Å²) in [6.07, 6.45) is 1.41. The van der Waals surface area contributed by atoms with Crippen LogP contribution in [0.15, 0.2) is 6.07 Å². The number of carbonyl (C=O) groups excluding carboxylic acids is 1. The van der Waals surface area contributed by atoms with Gasteiger partial charge in [-0.2, -0.15) is 0 Å². The molecule has 0 bridgehead atoms. The van der Waals surface area contributed by atoms with Crippen molar-refractivity contribution in [3.8, 4) is 0 Å². The third-order valence-electron chi connectivity index (χ3n) is 4.44. The molecule has 22 heavy (non-hydrogen) atoms. The summed E-state index contributed by atoms with van der Waals surface area (Å²) in [5.41, 5.74) is 6.52. The number of hydrogen-bond acceptors (Lipinski definition) is 3. The van der Waals surface area contributed by atoms with Gasteiger partial charge in [0.15, 0.2) is 0 Å². The van der Waals surface area contributed by atoms with Crippen molar-refractivity contribution in [2.75, 3.05) is 0 Å². The second kappa shape index (κ2) is 6.42. The fourth-order valence-corrected chi connectivity index (χ4v) is 4.12. The first kappa shape index (κ1) is 17.6. The molecule has 2 aliphatic rings. The van der Waals surface area contributed by atoms with Crippen LogP contribution in [0.4, 0.5) is 8.78 Å². The molecule has 0 spiro atoms. The third-order valence-corrected chi connectivity index (χ3v) is 5.62. The number of halogens is 3. The van der Waals surface area contributed by atoms with E-state index in [2.05, 4.69) is 5.32 Å². The molecule has 3 rings (SSSR count). The first-order chi connectivity index (χ1) is 9.85. The number of amides is 1. The molecule has 3 nitrogen and oxygen atoms in total. The second-order valence-electron chi connectivity index (χ2n) is 6.23. The highest BCUT2D eigenvalue weighted by Gasteiger charge is 2.38. The molecule has 0 radical (unpaired) electrons. The number of nitrogens with one attached hydrogen (secondary N) is 1. The standard InChI is InChI=1S/C15H20F2N2OS.ClH/c1-8-10(7-13(21-8)11-6-12(11)18)14(20)19-9-2-4-15(16,17)5-3-9;/h7,9,11-12H,2-6,18H2,1H3,(H,19,20);1H. The SMILES string of the molecule is Cc1sc(C2CC2N)cc1C(=O)NC1CCC(F)(F)CC1.Cl. The number of hydrogen-bond donors (Lipinski definition) is 2. The highest BCUT2D eigenvalue weighted by molar-refractivity contribution is 7.12. The number of carbonyl (C=O) groups is 1. The lowest BCUT2D eigenvalue weighted by Gasteiger charge is -2.28. The molecule has 2 aliphatic carbocycles. The van der Waals surface area contributed by atoms with Gasteiger partial charge in [0.05, 0.1) is 5.56 Å². The summed E-state index contributed by atoms with van der Waals surface area (Å²) in [7, 11) is 0. The van der Waals surface area contributed by atoms with E-state index in [1.54, 1.807) is 11.3 Å². The number of thiophene rings is 1. The Kier molecular flexibility index (Phi) is 5.14. The minimum absolute atomic E-state index is 0. The molecular weight excluding hydrogens is 330 g/mol. The zero-order valence-corrected chi connectivity index (χ0v) is 14.0. The van der Waals surface area contributed by atoms with E-state index in [4.69, 9.17) is 5.73 Å². The predicted molar refractivity (Wildman–Crippen MR) is 86.3 cm³/mol. The van der Waals surface area contributed by atoms with Gasteiger partial charge >= 0.3 is 0 Å². The zero-order valence-electron chi connectivity index (χ0n) is 12.4. The number of alkyl halides is 2. The Morgan fingerprint density at radius 1 is 1.41 bits per heavy atom. The molecule has 2 atom stereocenters. The molecule has 124 valence electrons. The van der Waals surface area contributed by atoms with Crippen LogP contribution in [0, 0.1) is 6.92 Å². The molecular formula is C15H21ClF2N2OS. The van der Waals surface area contributed by atoms with Crippen LogP contribution in [0.2, 0.25) is 0 Å². The Morgan fingerprint density at radius 2 is 2.00 bits per heavy atom. The molecule has 2 unspecified atom stereocenters. The topological polar surface area (TPSA) is 55.1 Å². The summed E-state index contributed by atoms with van der Waals surface area (Å²) < 4.78 is 26.2. The van der Waals surface area contributed by atoms with E-state index in [0.29, 0.717) is 24.3 Å². The average molecular weight is 351 g/mol. The number of aryl methyl sites for hydroxylation is 1. The highest BCUT2D eigenvalue weighted by Crippen LogP contribution is 2.43. The lowest BCUT2D eigenvalue weighted by molar-refractivity contribution is -0.0399. The van der Waals surface area contributed by atoms with E-state index in [-0.39, 0.29) is 43.2 Å². The quantitative estimate of drug-likeness (QED) is 0.875. The van der Waals surface area contributed by atoms with Gasteiger partial charge < -0.3 is 11.1 Å². The molecule has 0 aliphatic heterocycles. The van der Waals surface area contributed by atoms with Gasteiger partial charge in [-0.1, -0.05) is 0 Å². The lowest BCUT2D eigenvalue weighted by Crippen LogP contribution is -2.40. The molecule has 0 aromatic carbocycles. The van der Waals surface area contributed by atoms with Gasteiger partial charge in [-0.05, 0) is 32.3 Å². The van der Waals surface area contributed by atoms with Gasteiger partial charge in [0.1, 0.15) is 0 Å². The smallest absolute Gasteiger partial charge is 0.252 e. The van der Waals surface area contributed by atoms with Crippen LogP contribution in [0.1, 0.15) is 58.1 Å². The summed E-state index contributed by atoms with van der Waals surface area (Å²) in [6, 6.07) is 2.01. The Bertz CT molecular complexity index is 554. The van der Waals surface area contributed by atoms with E-state index >= 15 is 0 Å². The third kappa shape index (κ3) is 3.78. The van der Waals surface area contributed by atoms with Gasteiger partial charge in [0.25, 0.3) is 5.91 Å². The van der Waals surface area contributed by atoms with Crippen molar-refractivity contribution >= 4 is 29.7 Å². The van der Waals surface area contributed by atoms with Crippen molar-refractivity contribution in [3.05, 3.63) is 21.4 Å². The van der Waals surface area contributed by atoms with Gasteiger partial charge in [0, 0.05) is 40.6 Å².